The van der Waals surface area contributed by atoms with Gasteiger partial charge in [-0.25, -0.2) is 17.2 Å². The van der Waals surface area contributed by atoms with E-state index in [4.69, 9.17) is 0 Å². The fraction of sp³-hybridized carbons (Fsp3) is 0.571. The van der Waals surface area contributed by atoms with Crippen LogP contribution in [-0.2, 0) is 16.6 Å². The molecule has 0 saturated carbocycles. The van der Waals surface area contributed by atoms with Crippen molar-refractivity contribution in [2.45, 2.75) is 31.7 Å². The zero-order chi connectivity index (χ0) is 15.8. The Morgan fingerprint density at radius 2 is 2.00 bits per heavy atom. The van der Waals surface area contributed by atoms with E-state index in [1.807, 2.05) is 13.8 Å². The molecule has 1 saturated heterocycles. The van der Waals surface area contributed by atoms with Crippen LogP contribution in [0.15, 0.2) is 17.0 Å². The molecule has 1 aliphatic rings. The Labute approximate surface area is 124 Å². The maximum absolute atomic E-state index is 14.4. The van der Waals surface area contributed by atoms with Crippen molar-refractivity contribution < 1.29 is 17.2 Å². The van der Waals surface area contributed by atoms with Crippen LogP contribution in [0.1, 0.15) is 25.8 Å². The van der Waals surface area contributed by atoms with Crippen molar-refractivity contribution in [3.8, 4) is 0 Å². The van der Waals surface area contributed by atoms with Crippen molar-refractivity contribution in [1.29, 1.82) is 0 Å². The number of hydrogen-bond acceptors (Lipinski definition) is 3. The molecular weight excluding hydrogens is 298 g/mol. The van der Waals surface area contributed by atoms with Crippen LogP contribution < -0.4 is 5.32 Å². The summed E-state index contributed by atoms with van der Waals surface area (Å²) >= 11 is 0. The van der Waals surface area contributed by atoms with Gasteiger partial charge in [-0.3, -0.25) is 0 Å². The van der Waals surface area contributed by atoms with Crippen LogP contribution in [0.25, 0.3) is 0 Å². The molecule has 0 aliphatic carbocycles. The first kappa shape index (κ1) is 16.3. The summed E-state index contributed by atoms with van der Waals surface area (Å²) in [5.74, 6) is -1.75. The van der Waals surface area contributed by atoms with Gasteiger partial charge in [0.25, 0.3) is 0 Å². The maximum Gasteiger partial charge on any atom is 0.246 e. The second-order valence-electron chi connectivity index (χ2n) is 6.12. The van der Waals surface area contributed by atoms with E-state index in [9.17, 15) is 17.2 Å². The first-order valence-electron chi connectivity index (χ1n) is 6.81. The minimum absolute atomic E-state index is 0.0630. The molecule has 0 aromatic heterocycles. The predicted octanol–water partition coefficient (Wildman–Crippen LogP) is 2.10. The Hall–Kier alpha value is -1.05. The Bertz CT molecular complexity index is 645. The molecule has 0 atom stereocenters. The van der Waals surface area contributed by atoms with Gasteiger partial charge in [-0.1, -0.05) is 13.8 Å². The van der Waals surface area contributed by atoms with Gasteiger partial charge in [0.05, 0.1) is 0 Å². The van der Waals surface area contributed by atoms with Gasteiger partial charge in [0.15, 0.2) is 5.82 Å². The highest BCUT2D eigenvalue weighted by molar-refractivity contribution is 7.89. The van der Waals surface area contributed by atoms with Crippen LogP contribution in [0.4, 0.5) is 8.78 Å². The molecule has 0 bridgehead atoms. The summed E-state index contributed by atoms with van der Waals surface area (Å²) in [6, 6.07) is 2.01. The molecule has 1 N–H and O–H groups in total. The molecule has 1 aromatic rings. The number of benzene rings is 1. The molecular formula is C14H20F2N2O2S. The molecule has 1 aliphatic heterocycles. The van der Waals surface area contributed by atoms with Crippen molar-refractivity contribution in [1.82, 2.24) is 9.62 Å². The Kier molecular flexibility index (Phi) is 4.37. The molecule has 1 heterocycles. The summed E-state index contributed by atoms with van der Waals surface area (Å²) in [7, 11) is -2.39. The highest BCUT2D eigenvalue weighted by atomic mass is 32.2. The molecule has 4 nitrogen and oxygen atoms in total. The van der Waals surface area contributed by atoms with E-state index in [1.54, 1.807) is 7.05 Å². The number of nitrogens with one attached hydrogen (secondary N) is 1. The quantitative estimate of drug-likeness (QED) is 0.925. The van der Waals surface area contributed by atoms with E-state index in [1.165, 1.54) is 4.31 Å². The van der Waals surface area contributed by atoms with Crippen molar-refractivity contribution in [2.75, 3.05) is 20.1 Å². The average molecular weight is 318 g/mol. The van der Waals surface area contributed by atoms with Gasteiger partial charge in [-0.15, -0.1) is 0 Å². The number of halogens is 2. The monoisotopic (exact) mass is 318 g/mol. The second-order valence-corrected chi connectivity index (χ2v) is 8.03. The van der Waals surface area contributed by atoms with Crippen molar-refractivity contribution in [3.05, 3.63) is 29.3 Å². The first-order chi connectivity index (χ1) is 9.69. The first-order valence-corrected chi connectivity index (χ1v) is 8.25. The lowest BCUT2D eigenvalue weighted by molar-refractivity contribution is 0.374. The molecule has 0 radical (unpaired) electrons. The molecule has 0 unspecified atom stereocenters. The largest absolute Gasteiger partial charge is 0.315 e. The van der Waals surface area contributed by atoms with Crippen molar-refractivity contribution in [3.63, 3.8) is 0 Å². The van der Waals surface area contributed by atoms with Crippen molar-refractivity contribution >= 4 is 10.0 Å². The zero-order valence-electron chi connectivity index (χ0n) is 12.4. The lowest BCUT2D eigenvalue weighted by Crippen LogP contribution is -2.31. The summed E-state index contributed by atoms with van der Waals surface area (Å²) in [4.78, 5) is -0.452. The van der Waals surface area contributed by atoms with E-state index in [-0.39, 0.29) is 17.5 Å². The molecule has 1 fully saturated rings. The Morgan fingerprint density at radius 1 is 1.33 bits per heavy atom. The van der Waals surface area contributed by atoms with Gasteiger partial charge >= 0.3 is 0 Å². The summed E-state index contributed by atoms with van der Waals surface area (Å²) in [5, 5.41) is 2.64. The van der Waals surface area contributed by atoms with E-state index in [2.05, 4.69) is 5.32 Å². The molecule has 7 heteroatoms. The molecule has 0 spiro atoms. The van der Waals surface area contributed by atoms with E-state index in [0.717, 1.165) is 18.6 Å². The predicted molar refractivity (Wildman–Crippen MR) is 76.3 cm³/mol. The van der Waals surface area contributed by atoms with Crippen LogP contribution in [-0.4, -0.2) is 32.9 Å². The minimum atomic E-state index is -3.93. The fourth-order valence-corrected chi connectivity index (χ4v) is 4.24. The lowest BCUT2D eigenvalue weighted by atomic mass is 9.93. The lowest BCUT2D eigenvalue weighted by Gasteiger charge is -2.20. The van der Waals surface area contributed by atoms with Crippen LogP contribution in [0.5, 0.6) is 0 Å². The third kappa shape index (κ3) is 3.09. The van der Waals surface area contributed by atoms with Gasteiger partial charge in [0, 0.05) is 25.2 Å². The van der Waals surface area contributed by atoms with E-state index >= 15 is 0 Å². The molecule has 1 aromatic carbocycles. The summed E-state index contributed by atoms with van der Waals surface area (Å²) in [6.45, 7) is 4.57. The van der Waals surface area contributed by atoms with Gasteiger partial charge in [-0.2, -0.15) is 4.31 Å². The third-order valence-corrected chi connectivity index (χ3v) is 5.63. The van der Waals surface area contributed by atoms with Crippen LogP contribution in [0.3, 0.4) is 0 Å². The Balaban J connectivity index is 2.44. The highest BCUT2D eigenvalue weighted by Crippen LogP contribution is 2.34. The maximum atomic E-state index is 14.4. The minimum Gasteiger partial charge on any atom is -0.315 e. The molecule has 21 heavy (non-hydrogen) atoms. The normalized spacial score (nSPS) is 19.1. The number of rotatable bonds is 4. The molecule has 118 valence electrons. The summed E-state index contributed by atoms with van der Waals surface area (Å²) < 4.78 is 54.4. The number of sulfonamides is 1. The van der Waals surface area contributed by atoms with Crippen LogP contribution in [0.2, 0.25) is 0 Å². The molecule has 2 rings (SSSR count). The average Bonchev–Trinajstić information content (AvgIpc) is 2.75. The topological polar surface area (TPSA) is 49.4 Å². The Morgan fingerprint density at radius 3 is 2.52 bits per heavy atom. The number of nitrogens with zero attached hydrogens (tertiary/aromatic N) is 1. The summed E-state index contributed by atoms with van der Waals surface area (Å²) in [5.41, 5.74) is -0.380. The van der Waals surface area contributed by atoms with Gasteiger partial charge in [-0.05, 0) is 31.0 Å². The SMILES string of the molecule is CNCc1c(F)ccc(S(=O)(=O)N2CCC(C)(C)C2)c1F. The van der Waals surface area contributed by atoms with Gasteiger partial charge < -0.3 is 5.32 Å². The highest BCUT2D eigenvalue weighted by Gasteiger charge is 2.38. The second kappa shape index (κ2) is 5.62. The van der Waals surface area contributed by atoms with E-state index < -0.39 is 26.6 Å². The van der Waals surface area contributed by atoms with E-state index in [0.29, 0.717) is 13.1 Å². The molecule has 0 amide bonds. The van der Waals surface area contributed by atoms with Gasteiger partial charge in [0.2, 0.25) is 10.0 Å². The standard InChI is InChI=1S/C14H20F2N2O2S/c1-14(2)6-7-18(9-14)21(19,20)12-5-4-11(15)10(8-17-3)13(12)16/h4-5,17H,6-9H2,1-3H3. The van der Waals surface area contributed by atoms with Crippen LogP contribution >= 0.6 is 0 Å². The zero-order valence-corrected chi connectivity index (χ0v) is 13.2. The van der Waals surface area contributed by atoms with Gasteiger partial charge in [0.1, 0.15) is 10.7 Å². The third-order valence-electron chi connectivity index (χ3n) is 3.76. The van der Waals surface area contributed by atoms with Crippen LogP contribution in [0, 0.1) is 17.0 Å². The smallest absolute Gasteiger partial charge is 0.246 e. The van der Waals surface area contributed by atoms with Crippen molar-refractivity contribution in [2.24, 2.45) is 5.41 Å². The summed E-state index contributed by atoms with van der Waals surface area (Å²) in [6.07, 6.45) is 0.721. The number of hydrogen-bond donors (Lipinski definition) is 1. The fourth-order valence-electron chi connectivity index (χ4n) is 2.52.